The zero-order chi connectivity index (χ0) is 18.4. The van der Waals surface area contributed by atoms with Gasteiger partial charge in [-0.2, -0.15) is 0 Å². The standard InChI is InChI=1S/C20H25Cl2N3O/c1-16(13-24-7-9-26-10-8-24)25(14-17-5-3-2-4-6-17)15-18-11-19(21)23-20(22)12-18/h2-6,11-12,16H,7-10,13-15H2,1H3. The predicted molar refractivity (Wildman–Crippen MR) is 107 cm³/mol. The SMILES string of the molecule is CC(CN1CCOCC1)N(Cc1ccccc1)Cc1cc(Cl)nc(Cl)c1. The summed E-state index contributed by atoms with van der Waals surface area (Å²) in [5, 5.41) is 0.876. The highest BCUT2D eigenvalue weighted by molar-refractivity contribution is 6.32. The third-order valence-corrected chi connectivity index (χ3v) is 5.07. The fourth-order valence-corrected chi connectivity index (χ4v) is 3.80. The summed E-state index contributed by atoms with van der Waals surface area (Å²) < 4.78 is 5.47. The molecule has 1 atom stereocenters. The topological polar surface area (TPSA) is 28.6 Å². The molecule has 0 N–H and O–H groups in total. The van der Waals surface area contributed by atoms with Crippen molar-refractivity contribution in [3.05, 3.63) is 63.9 Å². The summed E-state index contributed by atoms with van der Waals surface area (Å²) >= 11 is 12.2. The molecule has 6 heteroatoms. The lowest BCUT2D eigenvalue weighted by Gasteiger charge is -2.35. The van der Waals surface area contributed by atoms with Crippen molar-refractivity contribution in [2.45, 2.75) is 26.1 Å². The number of aromatic nitrogens is 1. The summed E-state index contributed by atoms with van der Waals surface area (Å²) in [6.07, 6.45) is 0. The van der Waals surface area contributed by atoms with Crippen LogP contribution < -0.4 is 0 Å². The minimum Gasteiger partial charge on any atom is -0.379 e. The molecular weight excluding hydrogens is 369 g/mol. The zero-order valence-corrected chi connectivity index (χ0v) is 16.6. The lowest BCUT2D eigenvalue weighted by atomic mass is 10.1. The Bertz CT molecular complexity index is 672. The van der Waals surface area contributed by atoms with Gasteiger partial charge in [-0.1, -0.05) is 53.5 Å². The van der Waals surface area contributed by atoms with Gasteiger partial charge < -0.3 is 4.74 Å². The van der Waals surface area contributed by atoms with Crippen molar-refractivity contribution in [3.63, 3.8) is 0 Å². The first-order valence-corrected chi connectivity index (χ1v) is 9.76. The van der Waals surface area contributed by atoms with Crippen LogP contribution in [0.5, 0.6) is 0 Å². The van der Waals surface area contributed by atoms with Gasteiger partial charge in [0.25, 0.3) is 0 Å². The summed E-state index contributed by atoms with van der Waals surface area (Å²) in [5.41, 5.74) is 2.38. The number of morpholine rings is 1. The number of ether oxygens (including phenoxy) is 1. The van der Waals surface area contributed by atoms with Crippen LogP contribution in [0.4, 0.5) is 0 Å². The van der Waals surface area contributed by atoms with Crippen molar-refractivity contribution in [3.8, 4) is 0 Å². The molecule has 4 nitrogen and oxygen atoms in total. The van der Waals surface area contributed by atoms with Crippen molar-refractivity contribution in [2.24, 2.45) is 0 Å². The second kappa shape index (κ2) is 9.67. The van der Waals surface area contributed by atoms with Crippen molar-refractivity contribution in [1.29, 1.82) is 0 Å². The molecular formula is C20H25Cl2N3O. The van der Waals surface area contributed by atoms with E-state index in [1.54, 1.807) is 0 Å². The monoisotopic (exact) mass is 393 g/mol. The summed E-state index contributed by atoms with van der Waals surface area (Å²) in [6, 6.07) is 14.7. The largest absolute Gasteiger partial charge is 0.379 e. The van der Waals surface area contributed by atoms with Gasteiger partial charge in [0.05, 0.1) is 13.2 Å². The van der Waals surface area contributed by atoms with Gasteiger partial charge in [0, 0.05) is 38.8 Å². The summed E-state index contributed by atoms with van der Waals surface area (Å²) in [6.45, 7) is 8.59. The molecule has 26 heavy (non-hydrogen) atoms. The molecule has 1 unspecified atom stereocenters. The van der Waals surface area contributed by atoms with Crippen molar-refractivity contribution < 1.29 is 4.74 Å². The van der Waals surface area contributed by atoms with Crippen LogP contribution in [0, 0.1) is 0 Å². The van der Waals surface area contributed by atoms with Crippen LogP contribution in [-0.2, 0) is 17.8 Å². The molecule has 1 saturated heterocycles. The maximum absolute atomic E-state index is 6.09. The van der Waals surface area contributed by atoms with Gasteiger partial charge in [-0.15, -0.1) is 0 Å². The van der Waals surface area contributed by atoms with Crippen LogP contribution in [0.1, 0.15) is 18.1 Å². The van der Waals surface area contributed by atoms with Crippen LogP contribution in [0.15, 0.2) is 42.5 Å². The Balaban J connectivity index is 1.73. The third-order valence-electron chi connectivity index (χ3n) is 4.69. The molecule has 0 amide bonds. The number of pyridine rings is 1. The maximum atomic E-state index is 6.09. The van der Waals surface area contributed by atoms with E-state index in [0.717, 1.165) is 51.5 Å². The van der Waals surface area contributed by atoms with E-state index in [1.165, 1.54) is 5.56 Å². The van der Waals surface area contributed by atoms with E-state index in [0.29, 0.717) is 16.3 Å². The molecule has 0 bridgehead atoms. The second-order valence-electron chi connectivity index (χ2n) is 6.77. The zero-order valence-electron chi connectivity index (χ0n) is 15.1. The van der Waals surface area contributed by atoms with Crippen LogP contribution in [-0.4, -0.2) is 53.7 Å². The second-order valence-corrected chi connectivity index (χ2v) is 7.55. The Hall–Kier alpha value is -1.17. The molecule has 3 rings (SSSR count). The highest BCUT2D eigenvalue weighted by Gasteiger charge is 2.20. The van der Waals surface area contributed by atoms with E-state index in [-0.39, 0.29) is 0 Å². The van der Waals surface area contributed by atoms with Gasteiger partial charge >= 0.3 is 0 Å². The Labute approximate surface area is 165 Å². The molecule has 1 aliphatic heterocycles. The Kier molecular flexibility index (Phi) is 7.29. The number of hydrogen-bond donors (Lipinski definition) is 0. The third kappa shape index (κ3) is 5.93. The first-order valence-electron chi connectivity index (χ1n) is 9.00. The molecule has 1 aliphatic rings. The fourth-order valence-electron chi connectivity index (χ4n) is 3.30. The van der Waals surface area contributed by atoms with Crippen molar-refractivity contribution in [1.82, 2.24) is 14.8 Å². The van der Waals surface area contributed by atoms with Gasteiger partial charge in [-0.3, -0.25) is 9.80 Å². The molecule has 2 heterocycles. The smallest absolute Gasteiger partial charge is 0.131 e. The van der Waals surface area contributed by atoms with Crippen molar-refractivity contribution in [2.75, 3.05) is 32.8 Å². The van der Waals surface area contributed by atoms with Crippen LogP contribution >= 0.6 is 23.2 Å². The van der Waals surface area contributed by atoms with Gasteiger partial charge in [0.15, 0.2) is 0 Å². The molecule has 0 radical (unpaired) electrons. The van der Waals surface area contributed by atoms with E-state index in [2.05, 4.69) is 46.0 Å². The fraction of sp³-hybridized carbons (Fsp3) is 0.450. The number of rotatable bonds is 7. The number of hydrogen-bond acceptors (Lipinski definition) is 4. The average molecular weight is 394 g/mol. The molecule has 1 fully saturated rings. The van der Waals surface area contributed by atoms with Gasteiger partial charge in [-0.05, 0) is 30.2 Å². The maximum Gasteiger partial charge on any atom is 0.131 e. The lowest BCUT2D eigenvalue weighted by Crippen LogP contribution is -2.45. The molecule has 2 aromatic rings. The molecule has 0 spiro atoms. The molecule has 1 aromatic carbocycles. The van der Waals surface area contributed by atoms with E-state index in [1.807, 2.05) is 18.2 Å². The Morgan fingerprint density at radius 2 is 1.65 bits per heavy atom. The summed E-state index contributed by atoms with van der Waals surface area (Å²) in [4.78, 5) is 8.99. The highest BCUT2D eigenvalue weighted by atomic mass is 35.5. The van der Waals surface area contributed by atoms with E-state index >= 15 is 0 Å². The minimum absolute atomic E-state index is 0.388. The van der Waals surface area contributed by atoms with Gasteiger partial charge in [-0.25, -0.2) is 4.98 Å². The average Bonchev–Trinajstić information content (AvgIpc) is 2.62. The van der Waals surface area contributed by atoms with E-state index in [4.69, 9.17) is 27.9 Å². The first-order chi connectivity index (χ1) is 12.6. The number of benzene rings is 1. The van der Waals surface area contributed by atoms with E-state index in [9.17, 15) is 0 Å². The normalized spacial score (nSPS) is 16.8. The Morgan fingerprint density at radius 3 is 2.31 bits per heavy atom. The predicted octanol–water partition coefficient (Wildman–Crippen LogP) is 4.11. The lowest BCUT2D eigenvalue weighted by molar-refractivity contribution is 0.0226. The first kappa shape index (κ1) is 19.6. The Morgan fingerprint density at radius 1 is 1.04 bits per heavy atom. The summed E-state index contributed by atoms with van der Waals surface area (Å²) in [5.74, 6) is 0. The number of halogens is 2. The van der Waals surface area contributed by atoms with Crippen LogP contribution in [0.2, 0.25) is 10.3 Å². The van der Waals surface area contributed by atoms with Crippen LogP contribution in [0.3, 0.4) is 0 Å². The highest BCUT2D eigenvalue weighted by Crippen LogP contribution is 2.19. The quantitative estimate of drug-likeness (QED) is 0.661. The number of nitrogens with zero attached hydrogens (tertiary/aromatic N) is 3. The summed E-state index contributed by atoms with van der Waals surface area (Å²) in [7, 11) is 0. The van der Waals surface area contributed by atoms with Gasteiger partial charge in [0.1, 0.15) is 10.3 Å². The van der Waals surface area contributed by atoms with Gasteiger partial charge in [0.2, 0.25) is 0 Å². The minimum atomic E-state index is 0.388. The molecule has 140 valence electrons. The molecule has 0 aliphatic carbocycles. The van der Waals surface area contributed by atoms with Crippen molar-refractivity contribution >= 4 is 23.2 Å². The molecule has 1 aromatic heterocycles. The van der Waals surface area contributed by atoms with Crippen LogP contribution in [0.25, 0.3) is 0 Å². The molecule has 0 saturated carbocycles. The van der Waals surface area contributed by atoms with E-state index < -0.39 is 0 Å².